The highest BCUT2D eigenvalue weighted by Crippen LogP contribution is 2.32. The normalized spacial score (nSPS) is 14.5. The summed E-state index contributed by atoms with van der Waals surface area (Å²) in [5.74, 6) is 0.497. The molecule has 3 aromatic rings. The fourth-order valence-electron chi connectivity index (χ4n) is 3.32. The Balaban J connectivity index is 1.67. The molecule has 0 spiro atoms. The summed E-state index contributed by atoms with van der Waals surface area (Å²) in [5.41, 5.74) is 1.95. The van der Waals surface area contributed by atoms with Gasteiger partial charge in [0.15, 0.2) is 0 Å². The number of non-ortho nitro benzene ring substituents is 1. The zero-order valence-electron chi connectivity index (χ0n) is 14.0. The summed E-state index contributed by atoms with van der Waals surface area (Å²) in [6.45, 7) is 0. The molecule has 1 aromatic carbocycles. The van der Waals surface area contributed by atoms with Gasteiger partial charge in [0.05, 0.1) is 10.3 Å². The molecule has 2 heterocycles. The van der Waals surface area contributed by atoms with Crippen molar-refractivity contribution in [1.82, 2.24) is 9.97 Å². The van der Waals surface area contributed by atoms with Crippen LogP contribution in [0.15, 0.2) is 29.1 Å². The van der Waals surface area contributed by atoms with Crippen LogP contribution in [-0.4, -0.2) is 14.9 Å². The first-order chi connectivity index (χ1) is 12.6. The molecule has 0 unspecified atom stereocenters. The average molecular weight is 367 g/mol. The molecule has 1 aliphatic carbocycles. The van der Waals surface area contributed by atoms with Gasteiger partial charge in [0.1, 0.15) is 10.7 Å². The van der Waals surface area contributed by atoms with E-state index in [1.54, 1.807) is 35.6 Å². The van der Waals surface area contributed by atoms with Crippen LogP contribution in [0.25, 0.3) is 22.4 Å². The third kappa shape index (κ3) is 3.17. The molecule has 7 heteroatoms. The maximum absolute atomic E-state index is 12.6. The van der Waals surface area contributed by atoms with Crippen molar-refractivity contribution in [3.63, 3.8) is 0 Å². The quantitative estimate of drug-likeness (QED) is 0.424. The molecule has 26 heavy (non-hydrogen) atoms. The number of benzene rings is 1. The number of hydrogen-bond donors (Lipinski definition) is 1. The monoisotopic (exact) mass is 367 g/mol. The topological polar surface area (TPSA) is 88.9 Å². The van der Waals surface area contributed by atoms with Crippen molar-refractivity contribution in [3.8, 4) is 0 Å². The minimum absolute atomic E-state index is 0.0511. The Kier molecular flexibility index (Phi) is 4.38. The Morgan fingerprint density at radius 3 is 2.65 bits per heavy atom. The first-order valence-corrected chi connectivity index (χ1v) is 9.40. The van der Waals surface area contributed by atoms with Crippen LogP contribution in [-0.2, 0) is 12.8 Å². The van der Waals surface area contributed by atoms with Crippen LogP contribution in [0.5, 0.6) is 0 Å². The summed E-state index contributed by atoms with van der Waals surface area (Å²) < 4.78 is 0. The van der Waals surface area contributed by atoms with E-state index in [9.17, 15) is 14.9 Å². The van der Waals surface area contributed by atoms with E-state index < -0.39 is 4.92 Å². The van der Waals surface area contributed by atoms with Crippen LogP contribution in [0, 0.1) is 10.1 Å². The molecule has 0 fully saturated rings. The molecule has 0 amide bonds. The fourth-order valence-corrected chi connectivity index (χ4v) is 4.59. The first-order valence-electron chi connectivity index (χ1n) is 8.59. The molecule has 0 atom stereocenters. The number of nitro benzene ring substituents is 1. The van der Waals surface area contributed by atoms with Crippen LogP contribution < -0.4 is 5.56 Å². The van der Waals surface area contributed by atoms with E-state index in [2.05, 4.69) is 9.97 Å². The van der Waals surface area contributed by atoms with Crippen molar-refractivity contribution in [2.45, 2.75) is 32.1 Å². The van der Waals surface area contributed by atoms with Gasteiger partial charge in [0, 0.05) is 17.0 Å². The number of nitrogens with one attached hydrogen (secondary N) is 1. The molecular weight excluding hydrogens is 350 g/mol. The van der Waals surface area contributed by atoms with E-state index in [1.807, 2.05) is 0 Å². The molecule has 1 N–H and O–H groups in total. The Bertz CT molecular complexity index is 1060. The number of aromatic amines is 1. The van der Waals surface area contributed by atoms with Gasteiger partial charge in [-0.25, -0.2) is 4.98 Å². The van der Waals surface area contributed by atoms with Gasteiger partial charge in [0.2, 0.25) is 0 Å². The van der Waals surface area contributed by atoms with Crippen molar-refractivity contribution < 1.29 is 4.92 Å². The minimum Gasteiger partial charge on any atom is -0.306 e. The molecule has 0 bridgehead atoms. The number of hydrogen-bond acceptors (Lipinski definition) is 5. The highest BCUT2D eigenvalue weighted by molar-refractivity contribution is 7.18. The third-order valence-corrected chi connectivity index (χ3v) is 5.82. The molecule has 0 radical (unpaired) electrons. The number of nitrogens with zero attached hydrogens (tertiary/aromatic N) is 2. The molecule has 132 valence electrons. The van der Waals surface area contributed by atoms with E-state index in [4.69, 9.17) is 0 Å². The summed E-state index contributed by atoms with van der Waals surface area (Å²) >= 11 is 1.63. The van der Waals surface area contributed by atoms with E-state index in [1.165, 1.54) is 35.4 Å². The molecule has 4 rings (SSSR count). The van der Waals surface area contributed by atoms with Crippen molar-refractivity contribution in [3.05, 3.63) is 66.6 Å². The van der Waals surface area contributed by atoms with Gasteiger partial charge < -0.3 is 4.98 Å². The zero-order valence-corrected chi connectivity index (χ0v) is 14.8. The average Bonchev–Trinajstić information content (AvgIpc) is 2.82. The van der Waals surface area contributed by atoms with Crippen LogP contribution >= 0.6 is 11.3 Å². The molecular formula is C19H17N3O3S. The predicted molar refractivity (Wildman–Crippen MR) is 104 cm³/mol. The molecule has 1 aliphatic rings. The van der Waals surface area contributed by atoms with E-state index >= 15 is 0 Å². The van der Waals surface area contributed by atoms with Crippen LogP contribution in [0.4, 0.5) is 5.69 Å². The lowest BCUT2D eigenvalue weighted by Crippen LogP contribution is -2.10. The molecule has 0 saturated carbocycles. The summed E-state index contributed by atoms with van der Waals surface area (Å²) in [4.78, 5) is 32.4. The number of rotatable bonds is 3. The Morgan fingerprint density at radius 1 is 1.12 bits per heavy atom. The van der Waals surface area contributed by atoms with Crippen LogP contribution in [0.1, 0.15) is 41.1 Å². The second-order valence-electron chi connectivity index (χ2n) is 6.38. The van der Waals surface area contributed by atoms with Gasteiger partial charge in [-0.3, -0.25) is 14.9 Å². The number of aryl methyl sites for hydroxylation is 2. The van der Waals surface area contributed by atoms with Crippen LogP contribution in [0.2, 0.25) is 0 Å². The van der Waals surface area contributed by atoms with Gasteiger partial charge in [-0.1, -0.05) is 12.5 Å². The Morgan fingerprint density at radius 2 is 1.88 bits per heavy atom. The number of nitro groups is 1. The lowest BCUT2D eigenvalue weighted by Gasteiger charge is -1.99. The molecule has 0 saturated heterocycles. The zero-order chi connectivity index (χ0) is 18.1. The maximum atomic E-state index is 12.6. The van der Waals surface area contributed by atoms with Gasteiger partial charge >= 0.3 is 0 Å². The molecule has 2 aromatic heterocycles. The van der Waals surface area contributed by atoms with Gasteiger partial charge in [-0.2, -0.15) is 0 Å². The fraction of sp³-hybridized carbons (Fsp3) is 0.263. The van der Waals surface area contributed by atoms with Crippen molar-refractivity contribution in [2.24, 2.45) is 0 Å². The van der Waals surface area contributed by atoms with E-state index in [0.29, 0.717) is 5.82 Å². The van der Waals surface area contributed by atoms with Crippen LogP contribution in [0.3, 0.4) is 0 Å². The van der Waals surface area contributed by atoms with Gasteiger partial charge in [-0.05, 0) is 55.0 Å². The molecule has 6 nitrogen and oxygen atoms in total. The summed E-state index contributed by atoms with van der Waals surface area (Å²) in [5, 5.41) is 11.4. The van der Waals surface area contributed by atoms with E-state index in [-0.39, 0.29) is 11.2 Å². The summed E-state index contributed by atoms with van der Waals surface area (Å²) in [6, 6.07) is 6.24. The van der Waals surface area contributed by atoms with Gasteiger partial charge in [0.25, 0.3) is 11.2 Å². The number of fused-ring (bicyclic) bond motifs is 3. The standard InChI is InChI=1S/C19H17N3O3S/c23-18-17-14-4-2-1-3-5-15(14)26-19(17)21-16(20-18)11-8-12-6-9-13(10-7-12)22(24)25/h6-11H,1-5H2,(H,20,21,23)/b11-8+. The second kappa shape index (κ2) is 6.84. The highest BCUT2D eigenvalue weighted by atomic mass is 32.1. The smallest absolute Gasteiger partial charge is 0.269 e. The number of aromatic nitrogens is 2. The minimum atomic E-state index is -0.429. The highest BCUT2D eigenvalue weighted by Gasteiger charge is 2.18. The Labute approximate surface area is 153 Å². The molecule has 0 aliphatic heterocycles. The van der Waals surface area contributed by atoms with Gasteiger partial charge in [-0.15, -0.1) is 11.3 Å². The van der Waals surface area contributed by atoms with Crippen molar-refractivity contribution in [2.75, 3.05) is 0 Å². The Hall–Kier alpha value is -2.80. The summed E-state index contributed by atoms with van der Waals surface area (Å²) in [6.07, 6.45) is 9.01. The second-order valence-corrected chi connectivity index (χ2v) is 7.46. The maximum Gasteiger partial charge on any atom is 0.269 e. The lowest BCUT2D eigenvalue weighted by atomic mass is 10.1. The lowest BCUT2D eigenvalue weighted by molar-refractivity contribution is -0.384. The number of thiophene rings is 1. The largest absolute Gasteiger partial charge is 0.306 e. The van der Waals surface area contributed by atoms with E-state index in [0.717, 1.165) is 35.0 Å². The van der Waals surface area contributed by atoms with Crippen molar-refractivity contribution in [1.29, 1.82) is 0 Å². The number of H-pyrrole nitrogens is 1. The SMILES string of the molecule is O=c1[nH]c(/C=C/c2ccc([N+](=O)[O-])cc2)nc2sc3c(c12)CCCCC3. The predicted octanol–water partition coefficient (Wildman–Crippen LogP) is 4.33. The third-order valence-electron chi connectivity index (χ3n) is 4.63. The first kappa shape index (κ1) is 16.7. The summed E-state index contributed by atoms with van der Waals surface area (Å²) in [7, 11) is 0. The van der Waals surface area contributed by atoms with Crippen molar-refractivity contribution >= 4 is 39.4 Å².